The van der Waals surface area contributed by atoms with Gasteiger partial charge in [0.05, 0.1) is 10.6 Å². The second kappa shape index (κ2) is 3.30. The Kier molecular flexibility index (Phi) is 2.12. The molecule has 0 unspecified atom stereocenters. The van der Waals surface area contributed by atoms with Gasteiger partial charge >= 0.3 is 0 Å². The smallest absolute Gasteiger partial charge is 0.262 e. The van der Waals surface area contributed by atoms with E-state index in [1.165, 1.54) is 16.2 Å². The van der Waals surface area contributed by atoms with Crippen LogP contribution in [0.5, 0.6) is 0 Å². The van der Waals surface area contributed by atoms with Crippen LogP contribution in [0.25, 0.3) is 11.5 Å². The number of aromatic nitrogens is 2. The highest BCUT2D eigenvalue weighted by molar-refractivity contribution is 7.16. The van der Waals surface area contributed by atoms with Crippen LogP contribution in [0.1, 0.15) is 11.8 Å². The summed E-state index contributed by atoms with van der Waals surface area (Å²) < 4.78 is 4.93. The Labute approximate surface area is 84.7 Å². The molecule has 74 valence electrons. The molecule has 0 saturated heterocycles. The summed E-state index contributed by atoms with van der Waals surface area (Å²) in [7, 11) is 0. The van der Waals surface area contributed by atoms with Gasteiger partial charge < -0.3 is 16.0 Å². The Bertz CT molecular complexity index is 448. The second-order valence-corrected chi connectivity index (χ2v) is 3.97. The summed E-state index contributed by atoms with van der Waals surface area (Å²) in [4.78, 5) is 5.11. The molecular weight excluding hydrogens is 200 g/mol. The minimum absolute atomic E-state index is 0.128. The van der Waals surface area contributed by atoms with Gasteiger partial charge in [0.15, 0.2) is 0 Å². The Morgan fingerprint density at radius 2 is 2.29 bits per heavy atom. The van der Waals surface area contributed by atoms with Crippen molar-refractivity contribution in [2.45, 2.75) is 13.3 Å². The van der Waals surface area contributed by atoms with Crippen LogP contribution in [0, 0.1) is 0 Å². The van der Waals surface area contributed by atoms with Crippen LogP contribution in [0.4, 0.5) is 10.9 Å². The van der Waals surface area contributed by atoms with Crippen molar-refractivity contribution in [2.75, 3.05) is 11.5 Å². The molecule has 0 aliphatic heterocycles. The molecule has 2 aromatic rings. The quantitative estimate of drug-likeness (QED) is 0.784. The van der Waals surface area contributed by atoms with Crippen molar-refractivity contribution in [3.05, 3.63) is 10.9 Å². The fourth-order valence-electron chi connectivity index (χ4n) is 1.14. The maximum atomic E-state index is 5.81. The van der Waals surface area contributed by atoms with Crippen LogP contribution in [0.15, 0.2) is 10.6 Å². The van der Waals surface area contributed by atoms with E-state index in [9.17, 15) is 0 Å². The number of thiophene rings is 1. The van der Waals surface area contributed by atoms with Gasteiger partial charge in [-0.25, -0.2) is 0 Å². The van der Waals surface area contributed by atoms with Gasteiger partial charge in [0.2, 0.25) is 0 Å². The van der Waals surface area contributed by atoms with E-state index in [0.29, 0.717) is 10.9 Å². The highest BCUT2D eigenvalue weighted by Gasteiger charge is 2.13. The van der Waals surface area contributed by atoms with Gasteiger partial charge in [-0.1, -0.05) is 6.92 Å². The zero-order valence-electron chi connectivity index (χ0n) is 7.65. The van der Waals surface area contributed by atoms with Crippen molar-refractivity contribution in [3.8, 4) is 11.5 Å². The highest BCUT2D eigenvalue weighted by Crippen LogP contribution is 2.33. The Balaban J connectivity index is 2.45. The number of hydrogen-bond donors (Lipinski definition) is 2. The molecule has 0 bridgehead atoms. The van der Waals surface area contributed by atoms with Crippen molar-refractivity contribution < 1.29 is 4.52 Å². The van der Waals surface area contributed by atoms with Crippen molar-refractivity contribution in [1.29, 1.82) is 0 Å². The summed E-state index contributed by atoms with van der Waals surface area (Å²) in [5.74, 6) is 0.514. The molecule has 0 atom stereocenters. The minimum Gasteiger partial charge on any atom is -0.390 e. The molecule has 2 aromatic heterocycles. The molecule has 2 rings (SSSR count). The normalized spacial score (nSPS) is 10.6. The van der Waals surface area contributed by atoms with Gasteiger partial charge in [-0.05, 0) is 17.6 Å². The first kappa shape index (κ1) is 9.01. The number of anilines is 2. The molecular formula is C8H10N4OS. The Morgan fingerprint density at radius 3 is 2.79 bits per heavy atom. The van der Waals surface area contributed by atoms with Crippen molar-refractivity contribution in [2.24, 2.45) is 0 Å². The van der Waals surface area contributed by atoms with Gasteiger partial charge in [-0.2, -0.15) is 4.98 Å². The monoisotopic (exact) mass is 210 g/mol. The molecule has 0 amide bonds. The second-order valence-electron chi connectivity index (χ2n) is 2.80. The molecule has 14 heavy (non-hydrogen) atoms. The van der Waals surface area contributed by atoms with Gasteiger partial charge in [-0.3, -0.25) is 0 Å². The van der Waals surface area contributed by atoms with Crippen LogP contribution in [-0.4, -0.2) is 10.1 Å². The number of rotatable bonds is 2. The van der Waals surface area contributed by atoms with Crippen molar-refractivity contribution in [1.82, 2.24) is 10.1 Å². The zero-order valence-corrected chi connectivity index (χ0v) is 8.47. The first-order chi connectivity index (χ1) is 6.70. The highest BCUT2D eigenvalue weighted by atomic mass is 32.1. The third-order valence-corrected chi connectivity index (χ3v) is 2.94. The van der Waals surface area contributed by atoms with Crippen LogP contribution in [0.3, 0.4) is 0 Å². The zero-order chi connectivity index (χ0) is 10.1. The Morgan fingerprint density at radius 1 is 1.50 bits per heavy atom. The van der Waals surface area contributed by atoms with E-state index in [4.69, 9.17) is 16.0 Å². The fourth-order valence-corrected chi connectivity index (χ4v) is 2.00. The predicted octanol–water partition coefficient (Wildman–Crippen LogP) is 1.52. The predicted molar refractivity (Wildman–Crippen MR) is 55.8 cm³/mol. The summed E-state index contributed by atoms with van der Waals surface area (Å²) in [5.41, 5.74) is 11.9. The number of nitrogens with two attached hydrogens (primary N) is 2. The van der Waals surface area contributed by atoms with E-state index in [0.717, 1.165) is 12.0 Å². The maximum Gasteiger partial charge on any atom is 0.262 e. The van der Waals surface area contributed by atoms with Crippen LogP contribution in [0.2, 0.25) is 0 Å². The molecule has 0 aromatic carbocycles. The fraction of sp³-hybridized carbons (Fsp3) is 0.250. The largest absolute Gasteiger partial charge is 0.390 e. The number of nitrogens with zero attached hydrogens (tertiary/aromatic N) is 2. The molecule has 6 heteroatoms. The molecule has 0 spiro atoms. The lowest BCUT2D eigenvalue weighted by Crippen LogP contribution is -1.86. The lowest BCUT2D eigenvalue weighted by Gasteiger charge is -1.88. The number of aryl methyl sites for hydroxylation is 1. The van der Waals surface area contributed by atoms with Gasteiger partial charge in [-0.15, -0.1) is 11.3 Å². The first-order valence-corrected chi connectivity index (χ1v) is 5.00. The van der Waals surface area contributed by atoms with Crippen LogP contribution < -0.4 is 11.5 Å². The molecule has 2 heterocycles. The average Bonchev–Trinajstić information content (AvgIpc) is 2.71. The molecule has 0 radical (unpaired) electrons. The summed E-state index contributed by atoms with van der Waals surface area (Å²) in [6, 6.07) is 1.95. The van der Waals surface area contributed by atoms with Crippen LogP contribution in [-0.2, 0) is 6.42 Å². The van der Waals surface area contributed by atoms with E-state index in [2.05, 4.69) is 17.1 Å². The summed E-state index contributed by atoms with van der Waals surface area (Å²) in [6.07, 6.45) is 0.943. The third-order valence-electron chi connectivity index (χ3n) is 1.83. The van der Waals surface area contributed by atoms with Crippen molar-refractivity contribution >= 4 is 22.3 Å². The van der Waals surface area contributed by atoms with Gasteiger partial charge in [0.1, 0.15) is 0 Å². The SMILES string of the molecule is CCc1cc(-c2nc(N)no2)c(N)s1. The summed E-state index contributed by atoms with van der Waals surface area (Å²) >= 11 is 1.53. The summed E-state index contributed by atoms with van der Waals surface area (Å²) in [6.45, 7) is 2.07. The molecule has 4 N–H and O–H groups in total. The lowest BCUT2D eigenvalue weighted by atomic mass is 10.2. The van der Waals surface area contributed by atoms with Crippen LogP contribution >= 0.6 is 11.3 Å². The van der Waals surface area contributed by atoms with Crippen molar-refractivity contribution in [3.63, 3.8) is 0 Å². The Hall–Kier alpha value is -1.56. The minimum atomic E-state index is 0.128. The average molecular weight is 210 g/mol. The molecule has 0 saturated carbocycles. The van der Waals surface area contributed by atoms with E-state index in [1.54, 1.807) is 0 Å². The standard InChI is InChI=1S/C8H10N4OS/c1-2-4-3-5(6(9)14-4)7-11-8(10)12-13-7/h3H,2,9H2,1H3,(H2,10,12). The molecule has 0 aliphatic rings. The van der Waals surface area contributed by atoms with E-state index in [-0.39, 0.29) is 5.95 Å². The molecule has 0 aliphatic carbocycles. The van der Waals surface area contributed by atoms with E-state index < -0.39 is 0 Å². The molecule has 5 nitrogen and oxygen atoms in total. The lowest BCUT2D eigenvalue weighted by molar-refractivity contribution is 0.433. The maximum absolute atomic E-state index is 5.81. The molecule has 0 fully saturated rings. The first-order valence-electron chi connectivity index (χ1n) is 4.18. The number of nitrogen functional groups attached to an aromatic ring is 2. The van der Waals surface area contributed by atoms with E-state index >= 15 is 0 Å². The van der Waals surface area contributed by atoms with Gasteiger partial charge in [0, 0.05) is 4.88 Å². The van der Waals surface area contributed by atoms with E-state index in [1.807, 2.05) is 6.07 Å². The van der Waals surface area contributed by atoms with Gasteiger partial charge in [0.25, 0.3) is 11.8 Å². The third kappa shape index (κ3) is 1.44. The topological polar surface area (TPSA) is 91.0 Å². The summed E-state index contributed by atoms with van der Waals surface area (Å²) in [5, 5.41) is 4.20. The number of hydrogen-bond acceptors (Lipinski definition) is 6.